The molecule has 0 atom stereocenters. The predicted molar refractivity (Wildman–Crippen MR) is 59.5 cm³/mol. The third-order valence-electron chi connectivity index (χ3n) is 3.47. The molecule has 0 saturated heterocycles. The van der Waals surface area contributed by atoms with Crippen molar-refractivity contribution in [3.8, 4) is 6.07 Å². The van der Waals surface area contributed by atoms with Crippen LogP contribution in [0.2, 0.25) is 0 Å². The van der Waals surface area contributed by atoms with Crippen LogP contribution in [0.1, 0.15) is 42.2 Å². The Kier molecular flexibility index (Phi) is 2.40. The van der Waals surface area contributed by atoms with Crippen LogP contribution >= 0.6 is 0 Å². The normalized spacial score (nSPS) is 17.1. The van der Waals surface area contributed by atoms with E-state index in [0.29, 0.717) is 18.1 Å². The largest absolute Gasteiger partial charge is 0.364 e. The molecule has 18 heavy (non-hydrogen) atoms. The van der Waals surface area contributed by atoms with Crippen molar-refractivity contribution >= 4 is 0 Å². The smallest absolute Gasteiger partial charge is 0.247 e. The number of nitrogens with zero attached hydrogens (tertiary/aromatic N) is 4. The van der Waals surface area contributed by atoms with Crippen molar-refractivity contribution in [2.75, 3.05) is 0 Å². The van der Waals surface area contributed by atoms with Gasteiger partial charge in [-0.25, -0.2) is 0 Å². The highest BCUT2D eigenvalue weighted by atomic mass is 16.5. The number of hydrogen-bond acceptors (Lipinski definition) is 6. The summed E-state index contributed by atoms with van der Waals surface area (Å²) in [4.78, 5) is 4.31. The first-order chi connectivity index (χ1) is 8.73. The Balaban J connectivity index is 1.82. The molecule has 92 valence electrons. The Bertz CT molecular complexity index is 604. The monoisotopic (exact) mass is 244 g/mol. The zero-order chi connectivity index (χ0) is 12.6. The summed E-state index contributed by atoms with van der Waals surface area (Å²) < 4.78 is 10.1. The molecule has 0 spiro atoms. The number of rotatable bonds is 3. The maximum absolute atomic E-state index is 9.19. The van der Waals surface area contributed by atoms with Gasteiger partial charge in [0.25, 0.3) is 0 Å². The van der Waals surface area contributed by atoms with Crippen molar-refractivity contribution in [2.24, 2.45) is 0 Å². The fraction of sp³-hybridized carbons (Fsp3) is 0.500. The highest BCUT2D eigenvalue weighted by Gasteiger charge is 2.44. The second-order valence-electron chi connectivity index (χ2n) is 4.68. The lowest BCUT2D eigenvalue weighted by atomic mass is 9.70. The van der Waals surface area contributed by atoms with Crippen molar-refractivity contribution in [3.05, 3.63) is 29.2 Å². The van der Waals surface area contributed by atoms with Crippen LogP contribution in [0.5, 0.6) is 0 Å². The van der Waals surface area contributed by atoms with Gasteiger partial charge >= 0.3 is 0 Å². The third kappa shape index (κ3) is 1.59. The second-order valence-corrected chi connectivity index (χ2v) is 4.68. The van der Waals surface area contributed by atoms with E-state index in [2.05, 4.69) is 21.4 Å². The Morgan fingerprint density at radius 3 is 2.83 bits per heavy atom. The van der Waals surface area contributed by atoms with Crippen LogP contribution in [0.4, 0.5) is 0 Å². The van der Waals surface area contributed by atoms with Gasteiger partial charge in [0, 0.05) is 5.56 Å². The van der Waals surface area contributed by atoms with Gasteiger partial charge in [-0.3, -0.25) is 0 Å². The highest BCUT2D eigenvalue weighted by Crippen LogP contribution is 2.42. The van der Waals surface area contributed by atoms with E-state index >= 15 is 0 Å². The van der Waals surface area contributed by atoms with Gasteiger partial charge in [-0.1, -0.05) is 10.3 Å². The molecule has 0 unspecified atom stereocenters. The molecular formula is C12H12N4O2. The van der Waals surface area contributed by atoms with Gasteiger partial charge in [0.2, 0.25) is 5.89 Å². The van der Waals surface area contributed by atoms with Gasteiger partial charge < -0.3 is 9.05 Å². The first kappa shape index (κ1) is 11.0. The molecule has 2 aromatic rings. The maximum Gasteiger partial charge on any atom is 0.247 e. The molecule has 0 amide bonds. The first-order valence-corrected chi connectivity index (χ1v) is 5.88. The number of nitriles is 1. The molecule has 6 nitrogen and oxygen atoms in total. The molecule has 2 heterocycles. The number of aryl methyl sites for hydroxylation is 1. The van der Waals surface area contributed by atoms with Gasteiger partial charge in [0.1, 0.15) is 11.7 Å². The minimum atomic E-state index is -0.551. The average molecular weight is 244 g/mol. The van der Waals surface area contributed by atoms with Gasteiger partial charge in [-0.2, -0.15) is 10.2 Å². The van der Waals surface area contributed by atoms with Crippen LogP contribution in [0.25, 0.3) is 0 Å². The van der Waals surface area contributed by atoms with Gasteiger partial charge in [-0.15, -0.1) is 0 Å². The summed E-state index contributed by atoms with van der Waals surface area (Å²) in [5.41, 5.74) is 1.20. The van der Waals surface area contributed by atoms with Crippen molar-refractivity contribution < 1.29 is 9.05 Å². The minimum Gasteiger partial charge on any atom is -0.364 e. The van der Waals surface area contributed by atoms with E-state index in [1.807, 2.05) is 6.92 Å². The van der Waals surface area contributed by atoms with E-state index in [1.165, 1.54) is 0 Å². The predicted octanol–water partition coefficient (Wildman–Crippen LogP) is 1.90. The summed E-state index contributed by atoms with van der Waals surface area (Å²) >= 11 is 0. The molecule has 0 radical (unpaired) electrons. The van der Waals surface area contributed by atoms with Crippen molar-refractivity contribution in [2.45, 2.75) is 38.0 Å². The van der Waals surface area contributed by atoms with E-state index in [0.717, 1.165) is 30.5 Å². The molecule has 1 saturated carbocycles. The SMILES string of the molecule is Cc1conc1Cc1noc(C2(C#N)CCC2)n1. The standard InChI is InChI=1S/C12H12N4O2/c1-8-6-17-15-9(8)5-10-14-11(18-16-10)12(7-13)3-2-4-12/h6H,2-5H2,1H3. The fourth-order valence-corrected chi connectivity index (χ4v) is 2.05. The van der Waals surface area contributed by atoms with Crippen LogP contribution in [0, 0.1) is 18.3 Å². The Morgan fingerprint density at radius 2 is 2.28 bits per heavy atom. The molecule has 2 aromatic heterocycles. The second kappa shape index (κ2) is 3.95. The summed E-state index contributed by atoms with van der Waals surface area (Å²) in [6, 6.07) is 2.28. The lowest BCUT2D eigenvalue weighted by Gasteiger charge is -2.30. The van der Waals surface area contributed by atoms with Crippen LogP contribution in [-0.4, -0.2) is 15.3 Å². The third-order valence-corrected chi connectivity index (χ3v) is 3.47. The molecule has 3 rings (SSSR count). The maximum atomic E-state index is 9.19. The molecule has 1 fully saturated rings. The average Bonchev–Trinajstić information content (AvgIpc) is 2.90. The van der Waals surface area contributed by atoms with Crippen molar-refractivity contribution in [1.29, 1.82) is 5.26 Å². The topological polar surface area (TPSA) is 88.7 Å². The number of aromatic nitrogens is 3. The minimum absolute atomic E-state index is 0.437. The van der Waals surface area contributed by atoms with Crippen LogP contribution < -0.4 is 0 Å². The van der Waals surface area contributed by atoms with E-state index in [4.69, 9.17) is 9.05 Å². The van der Waals surface area contributed by atoms with Crippen LogP contribution in [-0.2, 0) is 11.8 Å². The van der Waals surface area contributed by atoms with Gasteiger partial charge in [0.15, 0.2) is 5.82 Å². The Labute approximate surface area is 104 Å². The van der Waals surface area contributed by atoms with E-state index < -0.39 is 5.41 Å². The molecule has 0 aromatic carbocycles. The summed E-state index contributed by atoms with van der Waals surface area (Å²) in [5, 5.41) is 17.0. The van der Waals surface area contributed by atoms with E-state index in [-0.39, 0.29) is 0 Å². The van der Waals surface area contributed by atoms with Crippen molar-refractivity contribution in [1.82, 2.24) is 15.3 Å². The Hall–Kier alpha value is -2.16. The van der Waals surface area contributed by atoms with Gasteiger partial charge in [-0.05, 0) is 26.2 Å². The van der Waals surface area contributed by atoms with Crippen molar-refractivity contribution in [3.63, 3.8) is 0 Å². The lowest BCUT2D eigenvalue weighted by molar-refractivity contribution is 0.231. The summed E-state index contributed by atoms with van der Waals surface area (Å²) in [5.74, 6) is 0.982. The van der Waals surface area contributed by atoms with E-state index in [9.17, 15) is 5.26 Å². The first-order valence-electron chi connectivity index (χ1n) is 5.88. The highest BCUT2D eigenvalue weighted by molar-refractivity contribution is 5.23. The summed E-state index contributed by atoms with van der Waals surface area (Å²) in [6.07, 6.45) is 4.68. The summed E-state index contributed by atoms with van der Waals surface area (Å²) in [6.45, 7) is 1.91. The summed E-state index contributed by atoms with van der Waals surface area (Å²) in [7, 11) is 0. The molecule has 0 N–H and O–H groups in total. The molecular weight excluding hydrogens is 232 g/mol. The zero-order valence-corrected chi connectivity index (χ0v) is 10.0. The Morgan fingerprint density at radius 1 is 1.44 bits per heavy atom. The molecule has 6 heteroatoms. The molecule has 0 aliphatic heterocycles. The lowest BCUT2D eigenvalue weighted by Crippen LogP contribution is -2.32. The van der Waals surface area contributed by atoms with Crippen LogP contribution in [0.3, 0.4) is 0 Å². The fourth-order valence-electron chi connectivity index (χ4n) is 2.05. The number of hydrogen-bond donors (Lipinski definition) is 0. The zero-order valence-electron chi connectivity index (χ0n) is 10.0. The molecule has 1 aliphatic rings. The quantitative estimate of drug-likeness (QED) is 0.819. The van der Waals surface area contributed by atoms with Crippen LogP contribution in [0.15, 0.2) is 15.3 Å². The van der Waals surface area contributed by atoms with Gasteiger partial charge in [0.05, 0.1) is 18.2 Å². The molecule has 1 aliphatic carbocycles. The molecule has 0 bridgehead atoms. The van der Waals surface area contributed by atoms with E-state index in [1.54, 1.807) is 6.26 Å².